The molecule has 3 nitrogen and oxygen atoms in total. The molecule has 2 atom stereocenters. The van der Waals surface area contributed by atoms with Crippen LogP contribution in [0.25, 0.3) is 0 Å². The summed E-state index contributed by atoms with van der Waals surface area (Å²) in [4.78, 5) is 1.50. The SMILES string of the molecule is FC(Cl)C(F)(F)N1CCCCC1.FC(Cl)C(F)(F)N1CCOCC1. The van der Waals surface area contributed by atoms with E-state index in [1.165, 1.54) is 0 Å². The van der Waals surface area contributed by atoms with Crippen molar-refractivity contribution in [3.63, 3.8) is 0 Å². The van der Waals surface area contributed by atoms with Crippen LogP contribution in [0.15, 0.2) is 0 Å². The zero-order valence-corrected chi connectivity index (χ0v) is 14.4. The number of piperidine rings is 1. The van der Waals surface area contributed by atoms with Gasteiger partial charge in [-0.1, -0.05) is 29.6 Å². The molecule has 0 aromatic heterocycles. The van der Waals surface area contributed by atoms with E-state index in [-0.39, 0.29) is 39.4 Å². The molecule has 2 aliphatic heterocycles. The highest BCUT2D eigenvalue weighted by molar-refractivity contribution is 6.20. The molecule has 0 radical (unpaired) electrons. The molecule has 0 aromatic carbocycles. The molecule has 0 spiro atoms. The van der Waals surface area contributed by atoms with Gasteiger partial charge < -0.3 is 4.74 Å². The van der Waals surface area contributed by atoms with Gasteiger partial charge in [0, 0.05) is 26.2 Å². The Labute approximate surface area is 146 Å². The quantitative estimate of drug-likeness (QED) is 0.399. The zero-order chi connectivity index (χ0) is 18.4. The number of hydrogen-bond donors (Lipinski definition) is 0. The van der Waals surface area contributed by atoms with Gasteiger partial charge in [-0.3, -0.25) is 0 Å². The van der Waals surface area contributed by atoms with Crippen molar-refractivity contribution < 1.29 is 31.1 Å². The molecule has 0 aromatic rings. The maximum absolute atomic E-state index is 12.9. The average Bonchev–Trinajstić information content (AvgIpc) is 2.56. The molecule has 0 amide bonds. The van der Waals surface area contributed by atoms with Crippen molar-refractivity contribution >= 4 is 23.2 Å². The van der Waals surface area contributed by atoms with E-state index in [1.54, 1.807) is 0 Å². The number of ether oxygens (including phenoxy) is 1. The monoisotopic (exact) mass is 404 g/mol. The second-order valence-electron chi connectivity index (χ2n) is 5.42. The lowest BCUT2D eigenvalue weighted by Gasteiger charge is -2.33. The first kappa shape index (κ1) is 22.1. The van der Waals surface area contributed by atoms with Crippen LogP contribution < -0.4 is 0 Å². The number of morpholine rings is 1. The summed E-state index contributed by atoms with van der Waals surface area (Å²) in [5.41, 5.74) is -5.26. The maximum atomic E-state index is 12.9. The van der Waals surface area contributed by atoms with Crippen LogP contribution in [0.2, 0.25) is 0 Å². The van der Waals surface area contributed by atoms with Crippen molar-refractivity contribution in [2.24, 2.45) is 0 Å². The van der Waals surface area contributed by atoms with E-state index in [0.717, 1.165) is 11.3 Å². The highest BCUT2D eigenvalue weighted by Gasteiger charge is 2.46. The predicted molar refractivity (Wildman–Crippen MR) is 79.2 cm³/mol. The van der Waals surface area contributed by atoms with Crippen molar-refractivity contribution in [1.29, 1.82) is 0 Å². The third-order valence-electron chi connectivity index (χ3n) is 3.74. The summed E-state index contributed by atoms with van der Waals surface area (Å²) >= 11 is 9.45. The van der Waals surface area contributed by atoms with Gasteiger partial charge in [0.25, 0.3) is 11.3 Å². The molecule has 24 heavy (non-hydrogen) atoms. The van der Waals surface area contributed by atoms with Crippen molar-refractivity contribution in [3.05, 3.63) is 0 Å². The Morgan fingerprint density at radius 2 is 1.08 bits per heavy atom. The molecule has 0 N–H and O–H groups in total. The van der Waals surface area contributed by atoms with E-state index in [9.17, 15) is 26.3 Å². The Kier molecular flexibility index (Phi) is 8.89. The lowest BCUT2D eigenvalue weighted by atomic mass is 10.1. The number of hydrogen-bond acceptors (Lipinski definition) is 3. The Hall–Kier alpha value is 0.0400. The van der Waals surface area contributed by atoms with Crippen LogP contribution in [0.1, 0.15) is 19.3 Å². The number of nitrogens with zero attached hydrogens (tertiary/aromatic N) is 2. The van der Waals surface area contributed by atoms with Gasteiger partial charge in [0.1, 0.15) is 0 Å². The minimum atomic E-state index is -3.58. The third kappa shape index (κ3) is 6.09. The maximum Gasteiger partial charge on any atom is 0.349 e. The van der Waals surface area contributed by atoms with Gasteiger partial charge >= 0.3 is 12.1 Å². The summed E-state index contributed by atoms with van der Waals surface area (Å²) in [6.07, 6.45) is 2.32. The Morgan fingerprint density at radius 1 is 0.708 bits per heavy atom. The number of likely N-dealkylation sites (tertiary alicyclic amines) is 1. The van der Waals surface area contributed by atoms with Gasteiger partial charge in [-0.25, -0.2) is 18.6 Å². The first-order valence-corrected chi connectivity index (χ1v) is 8.37. The molecule has 2 rings (SSSR count). The van der Waals surface area contributed by atoms with Crippen LogP contribution >= 0.6 is 23.2 Å². The predicted octanol–water partition coefficient (Wildman–Crippen LogP) is 4.05. The molecule has 2 aliphatic rings. The lowest BCUT2D eigenvalue weighted by molar-refractivity contribution is -0.192. The molecular formula is C13H20Cl2F6N2O. The van der Waals surface area contributed by atoms with E-state index in [4.69, 9.17) is 27.9 Å². The van der Waals surface area contributed by atoms with Crippen LogP contribution in [0.3, 0.4) is 0 Å². The molecule has 0 saturated carbocycles. The van der Waals surface area contributed by atoms with Crippen molar-refractivity contribution in [1.82, 2.24) is 9.80 Å². The fourth-order valence-electron chi connectivity index (χ4n) is 2.33. The number of alkyl halides is 8. The van der Waals surface area contributed by atoms with Crippen LogP contribution in [0.4, 0.5) is 26.3 Å². The van der Waals surface area contributed by atoms with Gasteiger partial charge in [0.15, 0.2) is 0 Å². The van der Waals surface area contributed by atoms with Gasteiger partial charge in [-0.15, -0.1) is 0 Å². The summed E-state index contributed by atoms with van der Waals surface area (Å²) in [7, 11) is 0. The molecule has 0 aliphatic carbocycles. The smallest absolute Gasteiger partial charge is 0.349 e. The van der Waals surface area contributed by atoms with E-state index in [2.05, 4.69) is 0 Å². The van der Waals surface area contributed by atoms with Crippen molar-refractivity contribution in [2.75, 3.05) is 39.4 Å². The molecule has 2 heterocycles. The van der Waals surface area contributed by atoms with Crippen LogP contribution in [0, 0.1) is 0 Å². The molecule has 2 saturated heterocycles. The Morgan fingerprint density at radius 3 is 1.46 bits per heavy atom. The molecule has 2 unspecified atom stereocenters. The molecule has 144 valence electrons. The summed E-state index contributed by atoms with van der Waals surface area (Å²) in [5, 5.41) is 0. The van der Waals surface area contributed by atoms with Gasteiger partial charge in [-0.2, -0.15) is 17.6 Å². The van der Waals surface area contributed by atoms with Crippen LogP contribution in [0.5, 0.6) is 0 Å². The summed E-state index contributed by atoms with van der Waals surface area (Å²) in [6.45, 7) is 0.888. The molecule has 0 bridgehead atoms. The van der Waals surface area contributed by atoms with Crippen LogP contribution in [-0.2, 0) is 4.74 Å². The van der Waals surface area contributed by atoms with Crippen LogP contribution in [-0.4, -0.2) is 72.5 Å². The van der Waals surface area contributed by atoms with E-state index in [0.29, 0.717) is 17.7 Å². The fourth-order valence-corrected chi connectivity index (χ4v) is 2.61. The van der Waals surface area contributed by atoms with E-state index < -0.39 is 23.4 Å². The molecular weight excluding hydrogens is 385 g/mol. The minimum Gasteiger partial charge on any atom is -0.379 e. The van der Waals surface area contributed by atoms with E-state index in [1.807, 2.05) is 0 Å². The normalized spacial score (nSPS) is 24.0. The average molecular weight is 405 g/mol. The molecule has 11 heteroatoms. The zero-order valence-electron chi connectivity index (χ0n) is 12.8. The van der Waals surface area contributed by atoms with Gasteiger partial charge in [-0.05, 0) is 12.8 Å². The molecule has 2 fully saturated rings. The van der Waals surface area contributed by atoms with Crippen molar-refractivity contribution in [3.8, 4) is 0 Å². The third-order valence-corrected chi connectivity index (χ3v) is 4.26. The first-order chi connectivity index (χ1) is 11.1. The summed E-state index contributed by atoms with van der Waals surface area (Å²) < 4.78 is 80.6. The lowest BCUT2D eigenvalue weighted by Crippen LogP contribution is -2.51. The number of halogens is 8. The highest BCUT2D eigenvalue weighted by Crippen LogP contribution is 2.31. The topological polar surface area (TPSA) is 15.7 Å². The van der Waals surface area contributed by atoms with E-state index >= 15 is 0 Å². The summed E-state index contributed by atoms with van der Waals surface area (Å²) in [5.74, 6) is 0. The second-order valence-corrected chi connectivity index (χ2v) is 6.19. The fraction of sp³-hybridized carbons (Fsp3) is 1.00. The minimum absolute atomic E-state index is 0.0140. The standard InChI is InChI=1S/C7H11ClF3N.C6H9ClF3NO/c8-6(9)7(10,11)12-4-2-1-3-5-12;7-5(8)6(9,10)11-1-3-12-4-2-11/h6H,1-5H2;5H,1-4H2. The number of rotatable bonds is 4. The Balaban J connectivity index is 0.000000240. The highest BCUT2D eigenvalue weighted by atomic mass is 35.5. The Bertz CT molecular complexity index is 330. The summed E-state index contributed by atoms with van der Waals surface area (Å²) in [6, 6.07) is -7.08. The first-order valence-electron chi connectivity index (χ1n) is 7.50. The van der Waals surface area contributed by atoms with Gasteiger partial charge in [0.05, 0.1) is 13.2 Å². The van der Waals surface area contributed by atoms with Gasteiger partial charge in [0.2, 0.25) is 0 Å². The second kappa shape index (κ2) is 9.66. The largest absolute Gasteiger partial charge is 0.379 e. The van der Waals surface area contributed by atoms with Crippen molar-refractivity contribution in [2.45, 2.75) is 42.6 Å².